The summed E-state index contributed by atoms with van der Waals surface area (Å²) < 4.78 is 0. The van der Waals surface area contributed by atoms with Crippen LogP contribution in [0.2, 0.25) is 0 Å². The van der Waals surface area contributed by atoms with E-state index in [9.17, 15) is 0 Å². The highest BCUT2D eigenvalue weighted by Gasteiger charge is 2.01. The topological polar surface area (TPSA) is 29.5 Å². The van der Waals surface area contributed by atoms with Crippen LogP contribution in [0, 0.1) is 0 Å². The zero-order chi connectivity index (χ0) is 6.57. The van der Waals surface area contributed by atoms with Crippen LogP contribution in [0.4, 0.5) is 0 Å². The molecule has 0 saturated heterocycles. The van der Waals surface area contributed by atoms with Gasteiger partial charge in [0.1, 0.15) is 6.10 Å². The SMILES string of the molecule is C=C(CC)C(C)OO. The summed E-state index contributed by atoms with van der Waals surface area (Å²) in [5, 5.41) is 8.08. The van der Waals surface area contributed by atoms with Gasteiger partial charge in [-0.25, -0.2) is 4.89 Å². The molecule has 0 rings (SSSR count). The highest BCUT2D eigenvalue weighted by molar-refractivity contribution is 4.98. The Bertz CT molecular complexity index is 78.6. The molecular weight excluding hydrogens is 104 g/mol. The first-order valence-corrected chi connectivity index (χ1v) is 2.70. The Morgan fingerprint density at radius 2 is 2.38 bits per heavy atom. The Hall–Kier alpha value is -0.340. The summed E-state index contributed by atoms with van der Waals surface area (Å²) in [7, 11) is 0. The average molecular weight is 116 g/mol. The van der Waals surface area contributed by atoms with Crippen LogP contribution in [0.25, 0.3) is 0 Å². The summed E-state index contributed by atoms with van der Waals surface area (Å²) in [5.41, 5.74) is 0.910. The van der Waals surface area contributed by atoms with Crippen molar-refractivity contribution < 1.29 is 10.1 Å². The van der Waals surface area contributed by atoms with E-state index in [1.165, 1.54) is 0 Å². The summed E-state index contributed by atoms with van der Waals surface area (Å²) in [6.45, 7) is 7.38. The van der Waals surface area contributed by atoms with Crippen LogP contribution in [-0.4, -0.2) is 11.4 Å². The van der Waals surface area contributed by atoms with Gasteiger partial charge in [0.25, 0.3) is 0 Å². The van der Waals surface area contributed by atoms with Gasteiger partial charge in [-0.05, 0) is 18.9 Å². The molecule has 48 valence electrons. The smallest absolute Gasteiger partial charge is 0.111 e. The van der Waals surface area contributed by atoms with Crippen molar-refractivity contribution in [1.82, 2.24) is 0 Å². The van der Waals surface area contributed by atoms with Crippen molar-refractivity contribution in [2.24, 2.45) is 0 Å². The van der Waals surface area contributed by atoms with Gasteiger partial charge >= 0.3 is 0 Å². The van der Waals surface area contributed by atoms with Crippen molar-refractivity contribution in [2.45, 2.75) is 26.4 Å². The van der Waals surface area contributed by atoms with Gasteiger partial charge in [0.15, 0.2) is 0 Å². The van der Waals surface area contributed by atoms with Crippen LogP contribution in [0.3, 0.4) is 0 Å². The molecule has 1 unspecified atom stereocenters. The molecule has 0 aliphatic heterocycles. The van der Waals surface area contributed by atoms with Crippen LogP contribution in [0.1, 0.15) is 20.3 Å². The van der Waals surface area contributed by atoms with Crippen molar-refractivity contribution in [3.8, 4) is 0 Å². The first-order chi connectivity index (χ1) is 3.72. The molecule has 0 saturated carbocycles. The fraction of sp³-hybridized carbons (Fsp3) is 0.667. The Balaban J connectivity index is 3.46. The maximum Gasteiger partial charge on any atom is 0.111 e. The minimum Gasteiger partial charge on any atom is -0.251 e. The van der Waals surface area contributed by atoms with Gasteiger partial charge in [0.2, 0.25) is 0 Å². The average Bonchev–Trinajstić information content (AvgIpc) is 1.84. The molecule has 0 aromatic rings. The van der Waals surface area contributed by atoms with Gasteiger partial charge in [-0.2, -0.15) is 0 Å². The molecular formula is C6H12O2. The maximum atomic E-state index is 8.08. The maximum absolute atomic E-state index is 8.08. The number of rotatable bonds is 3. The van der Waals surface area contributed by atoms with Gasteiger partial charge in [-0.1, -0.05) is 13.5 Å². The molecule has 0 spiro atoms. The summed E-state index contributed by atoms with van der Waals surface area (Å²) in [6, 6.07) is 0. The lowest BCUT2D eigenvalue weighted by Gasteiger charge is -2.06. The third-order valence-electron chi connectivity index (χ3n) is 1.19. The van der Waals surface area contributed by atoms with Crippen molar-refractivity contribution in [3.63, 3.8) is 0 Å². The molecule has 2 heteroatoms. The summed E-state index contributed by atoms with van der Waals surface area (Å²) in [4.78, 5) is 4.00. The van der Waals surface area contributed by atoms with E-state index in [-0.39, 0.29) is 6.10 Å². The van der Waals surface area contributed by atoms with Gasteiger partial charge in [0, 0.05) is 0 Å². The molecule has 2 nitrogen and oxygen atoms in total. The lowest BCUT2D eigenvalue weighted by atomic mass is 10.1. The fourth-order valence-corrected chi connectivity index (χ4v) is 0.362. The zero-order valence-electron chi connectivity index (χ0n) is 5.35. The van der Waals surface area contributed by atoms with Crippen LogP contribution in [0.5, 0.6) is 0 Å². The highest BCUT2D eigenvalue weighted by Crippen LogP contribution is 2.04. The molecule has 0 aliphatic rings. The highest BCUT2D eigenvalue weighted by atomic mass is 17.1. The molecule has 0 aromatic carbocycles. The van der Waals surface area contributed by atoms with Crippen LogP contribution in [0.15, 0.2) is 12.2 Å². The Kier molecular flexibility index (Phi) is 3.48. The van der Waals surface area contributed by atoms with Crippen molar-refractivity contribution in [2.75, 3.05) is 0 Å². The van der Waals surface area contributed by atoms with Gasteiger partial charge in [-0.15, -0.1) is 0 Å². The van der Waals surface area contributed by atoms with Gasteiger partial charge < -0.3 is 0 Å². The summed E-state index contributed by atoms with van der Waals surface area (Å²) in [5.74, 6) is 0. The Morgan fingerprint density at radius 1 is 1.88 bits per heavy atom. The van der Waals surface area contributed by atoms with Crippen molar-refractivity contribution in [3.05, 3.63) is 12.2 Å². The molecule has 1 N–H and O–H groups in total. The van der Waals surface area contributed by atoms with E-state index in [4.69, 9.17) is 5.26 Å². The Labute approximate surface area is 49.7 Å². The normalized spacial score (nSPS) is 13.4. The predicted octanol–water partition coefficient (Wildman–Crippen LogP) is 1.83. The quantitative estimate of drug-likeness (QED) is 0.346. The second-order valence-corrected chi connectivity index (χ2v) is 1.76. The summed E-state index contributed by atoms with van der Waals surface area (Å²) >= 11 is 0. The number of hydrogen-bond acceptors (Lipinski definition) is 2. The van der Waals surface area contributed by atoms with E-state index < -0.39 is 0 Å². The monoisotopic (exact) mass is 116 g/mol. The van der Waals surface area contributed by atoms with E-state index in [0.29, 0.717) is 0 Å². The predicted molar refractivity (Wildman–Crippen MR) is 32.6 cm³/mol. The van der Waals surface area contributed by atoms with Crippen molar-refractivity contribution >= 4 is 0 Å². The molecule has 8 heavy (non-hydrogen) atoms. The van der Waals surface area contributed by atoms with Crippen LogP contribution < -0.4 is 0 Å². The lowest BCUT2D eigenvalue weighted by Crippen LogP contribution is -2.06. The van der Waals surface area contributed by atoms with Crippen LogP contribution >= 0.6 is 0 Å². The molecule has 0 bridgehead atoms. The van der Waals surface area contributed by atoms with E-state index in [0.717, 1.165) is 12.0 Å². The third kappa shape index (κ3) is 2.09. The molecule has 0 radical (unpaired) electrons. The first-order valence-electron chi connectivity index (χ1n) is 2.70. The third-order valence-corrected chi connectivity index (χ3v) is 1.19. The minimum absolute atomic E-state index is 0.222. The van der Waals surface area contributed by atoms with Gasteiger partial charge in [0.05, 0.1) is 0 Å². The van der Waals surface area contributed by atoms with E-state index in [2.05, 4.69) is 11.5 Å². The van der Waals surface area contributed by atoms with Crippen LogP contribution in [-0.2, 0) is 4.89 Å². The first kappa shape index (κ1) is 7.66. The van der Waals surface area contributed by atoms with E-state index in [1.807, 2.05) is 6.92 Å². The second kappa shape index (κ2) is 3.64. The molecule has 0 amide bonds. The molecule has 1 atom stereocenters. The van der Waals surface area contributed by atoms with E-state index in [1.54, 1.807) is 6.92 Å². The molecule has 0 heterocycles. The van der Waals surface area contributed by atoms with Crippen molar-refractivity contribution in [1.29, 1.82) is 0 Å². The lowest BCUT2D eigenvalue weighted by molar-refractivity contribution is -0.264. The zero-order valence-corrected chi connectivity index (χ0v) is 5.35. The molecule has 0 fully saturated rings. The molecule has 0 aliphatic carbocycles. The standard InChI is InChI=1S/C6H12O2/c1-4-5(2)6(3)8-7/h6-7H,2,4H2,1,3H3. The molecule has 0 aromatic heterocycles. The van der Waals surface area contributed by atoms with E-state index >= 15 is 0 Å². The second-order valence-electron chi connectivity index (χ2n) is 1.76. The Morgan fingerprint density at radius 3 is 2.50 bits per heavy atom. The van der Waals surface area contributed by atoms with Gasteiger partial charge in [-0.3, -0.25) is 5.26 Å². The minimum atomic E-state index is -0.222. The largest absolute Gasteiger partial charge is 0.251 e. The number of hydrogen-bond donors (Lipinski definition) is 1. The summed E-state index contributed by atoms with van der Waals surface area (Å²) in [6.07, 6.45) is 0.627. The fourth-order valence-electron chi connectivity index (χ4n) is 0.362.